The Morgan fingerprint density at radius 3 is 2.11 bits per heavy atom. The van der Waals surface area contributed by atoms with Crippen LogP contribution in [0.4, 0.5) is 17.6 Å². The molecule has 19 heavy (non-hydrogen) atoms. The number of hydrogen-bond donors (Lipinski definition) is 0. The van der Waals surface area contributed by atoms with Gasteiger partial charge < -0.3 is 14.2 Å². The van der Waals surface area contributed by atoms with Crippen LogP contribution in [0.2, 0.25) is 0 Å². The molecule has 0 saturated heterocycles. The molecule has 6 nitrogen and oxygen atoms in total. The summed E-state index contributed by atoms with van der Waals surface area (Å²) in [6, 6.07) is 0. The highest BCUT2D eigenvalue weighted by Crippen LogP contribution is 2.35. The highest BCUT2D eigenvalue weighted by Gasteiger charge is 2.66. The molecule has 0 amide bonds. The fourth-order valence-electron chi connectivity index (χ4n) is 0.679. The normalized spacial score (nSPS) is 11.4. The zero-order valence-electron chi connectivity index (χ0n) is 9.24. The Balaban J connectivity index is 4.36. The first-order valence-electron chi connectivity index (χ1n) is 4.52. The molecule has 0 N–H and O–H groups in total. The van der Waals surface area contributed by atoms with Crippen molar-refractivity contribution in [3.63, 3.8) is 0 Å². The summed E-state index contributed by atoms with van der Waals surface area (Å²) < 4.78 is 61.5. The van der Waals surface area contributed by atoms with Crippen LogP contribution in [0.25, 0.3) is 0 Å². The molecule has 0 aromatic rings. The summed E-state index contributed by atoms with van der Waals surface area (Å²) in [7, 11) is 0. The van der Waals surface area contributed by atoms with Crippen LogP contribution in [0.3, 0.4) is 0 Å². The van der Waals surface area contributed by atoms with Crippen LogP contribution < -0.4 is 0 Å². The number of ether oxygens (including phenoxy) is 3. The number of carbonyl (C=O) groups excluding carboxylic acids is 3. The predicted octanol–water partition coefficient (Wildman–Crippen LogP) is 0.660. The number of halogens is 4. The maximum atomic E-state index is 12.8. The van der Waals surface area contributed by atoms with Gasteiger partial charge in [-0.25, -0.2) is 9.59 Å². The smallest absolute Gasteiger partial charge is 0.459 e. The van der Waals surface area contributed by atoms with E-state index in [9.17, 15) is 31.9 Å². The molecule has 108 valence electrons. The lowest BCUT2D eigenvalue weighted by Gasteiger charge is -2.21. The molecule has 0 spiro atoms. The van der Waals surface area contributed by atoms with Crippen LogP contribution in [0.15, 0.2) is 12.7 Å². The lowest BCUT2D eigenvalue weighted by atomic mass is 10.3. The summed E-state index contributed by atoms with van der Waals surface area (Å²) in [5, 5.41) is 0. The summed E-state index contributed by atoms with van der Waals surface area (Å²) in [6.07, 6.45) is -4.59. The van der Waals surface area contributed by atoms with Crippen LogP contribution in [0.1, 0.15) is 0 Å². The molecule has 0 fully saturated rings. The van der Waals surface area contributed by atoms with Crippen molar-refractivity contribution in [3.05, 3.63) is 12.7 Å². The van der Waals surface area contributed by atoms with Crippen molar-refractivity contribution in [2.45, 2.75) is 12.0 Å². The maximum Gasteiger partial charge on any atom is 0.478 e. The number of alkyl halides is 4. The second kappa shape index (κ2) is 6.71. The van der Waals surface area contributed by atoms with E-state index in [1.165, 1.54) is 0 Å². The van der Waals surface area contributed by atoms with Gasteiger partial charge in [-0.3, -0.25) is 4.79 Å². The molecule has 0 aromatic carbocycles. The lowest BCUT2D eigenvalue weighted by Crippen LogP contribution is -2.49. The minimum Gasteiger partial charge on any atom is -0.459 e. The Hall–Kier alpha value is -2.13. The first-order chi connectivity index (χ1) is 8.69. The Labute approximate surface area is 103 Å². The largest absolute Gasteiger partial charge is 0.478 e. The zero-order chi connectivity index (χ0) is 15.1. The van der Waals surface area contributed by atoms with Gasteiger partial charge in [0.25, 0.3) is 6.47 Å². The fraction of sp³-hybridized carbons (Fsp3) is 0.444. The van der Waals surface area contributed by atoms with E-state index in [1.807, 2.05) is 0 Å². The van der Waals surface area contributed by atoms with E-state index in [0.29, 0.717) is 0 Å². The predicted molar refractivity (Wildman–Crippen MR) is 49.2 cm³/mol. The Morgan fingerprint density at radius 2 is 1.63 bits per heavy atom. The van der Waals surface area contributed by atoms with Crippen molar-refractivity contribution in [2.75, 3.05) is 13.2 Å². The third-order valence-corrected chi connectivity index (χ3v) is 1.55. The van der Waals surface area contributed by atoms with E-state index >= 15 is 0 Å². The van der Waals surface area contributed by atoms with Crippen molar-refractivity contribution in [2.24, 2.45) is 0 Å². The second-order valence-corrected chi connectivity index (χ2v) is 2.81. The van der Waals surface area contributed by atoms with Crippen LogP contribution in [0, 0.1) is 0 Å². The van der Waals surface area contributed by atoms with E-state index in [0.717, 1.165) is 6.08 Å². The summed E-state index contributed by atoms with van der Waals surface area (Å²) in [5.41, 5.74) is 0. The topological polar surface area (TPSA) is 78.9 Å². The molecule has 0 aliphatic heterocycles. The third kappa shape index (κ3) is 4.56. The van der Waals surface area contributed by atoms with Gasteiger partial charge in [-0.1, -0.05) is 6.58 Å². The van der Waals surface area contributed by atoms with E-state index in [4.69, 9.17) is 0 Å². The summed E-state index contributed by atoms with van der Waals surface area (Å²) in [6.45, 7) is 0.562. The monoisotopic (exact) mass is 288 g/mol. The lowest BCUT2D eigenvalue weighted by molar-refractivity contribution is -0.319. The van der Waals surface area contributed by atoms with Crippen molar-refractivity contribution in [3.8, 4) is 0 Å². The number of rotatable bonds is 8. The van der Waals surface area contributed by atoms with Gasteiger partial charge in [0.05, 0.1) is 0 Å². The minimum atomic E-state index is -5.36. The number of hydrogen-bond acceptors (Lipinski definition) is 6. The molecule has 0 aliphatic carbocycles. The summed E-state index contributed by atoms with van der Waals surface area (Å²) >= 11 is 0. The fourth-order valence-corrected chi connectivity index (χ4v) is 0.679. The van der Waals surface area contributed by atoms with Crippen molar-refractivity contribution >= 4 is 18.4 Å². The highest BCUT2D eigenvalue weighted by atomic mass is 19.3. The van der Waals surface area contributed by atoms with Gasteiger partial charge in [-0.05, 0) is 0 Å². The Kier molecular flexibility index (Phi) is 5.96. The van der Waals surface area contributed by atoms with E-state index in [2.05, 4.69) is 20.8 Å². The maximum absolute atomic E-state index is 12.8. The Bertz CT molecular complexity index is 368. The molecule has 0 heterocycles. The van der Waals surface area contributed by atoms with Gasteiger partial charge in [-0.2, -0.15) is 17.6 Å². The molecule has 0 aromatic heterocycles. The van der Waals surface area contributed by atoms with Gasteiger partial charge in [0.1, 0.15) is 13.2 Å². The van der Waals surface area contributed by atoms with Gasteiger partial charge in [0.2, 0.25) is 0 Å². The molecule has 0 unspecified atom stereocenters. The third-order valence-electron chi connectivity index (χ3n) is 1.55. The molecular formula is C9H8F4O6. The molecule has 0 rings (SSSR count). The summed E-state index contributed by atoms with van der Waals surface area (Å²) in [4.78, 5) is 30.8. The van der Waals surface area contributed by atoms with Crippen LogP contribution in [-0.2, 0) is 28.6 Å². The van der Waals surface area contributed by atoms with E-state index < -0.39 is 43.7 Å². The van der Waals surface area contributed by atoms with Gasteiger partial charge in [-0.15, -0.1) is 0 Å². The van der Waals surface area contributed by atoms with Crippen molar-refractivity contribution in [1.82, 2.24) is 0 Å². The molecule has 0 radical (unpaired) electrons. The van der Waals surface area contributed by atoms with Gasteiger partial charge >= 0.3 is 24.0 Å². The SMILES string of the molecule is C=CC(=O)OCCOC(=O)C(F)(F)C(F)(F)OC=O. The Morgan fingerprint density at radius 1 is 1.11 bits per heavy atom. The van der Waals surface area contributed by atoms with E-state index in [-0.39, 0.29) is 0 Å². The minimum absolute atomic E-state index is 0.632. The molecule has 0 aliphatic rings. The average Bonchev–Trinajstić information content (AvgIpc) is 2.33. The van der Waals surface area contributed by atoms with Crippen molar-refractivity contribution < 1.29 is 46.2 Å². The summed E-state index contributed by atoms with van der Waals surface area (Å²) in [5.74, 6) is -8.91. The first-order valence-corrected chi connectivity index (χ1v) is 4.52. The molecule has 0 atom stereocenters. The highest BCUT2D eigenvalue weighted by molar-refractivity contribution is 5.81. The number of esters is 2. The molecular weight excluding hydrogens is 280 g/mol. The van der Waals surface area contributed by atoms with E-state index in [1.54, 1.807) is 0 Å². The number of carbonyl (C=O) groups is 3. The van der Waals surface area contributed by atoms with Crippen LogP contribution in [-0.4, -0.2) is 43.7 Å². The zero-order valence-corrected chi connectivity index (χ0v) is 9.24. The molecule has 0 saturated carbocycles. The average molecular weight is 288 g/mol. The first kappa shape index (κ1) is 16.9. The van der Waals surface area contributed by atoms with Gasteiger partial charge in [0, 0.05) is 6.08 Å². The molecule has 10 heteroatoms. The van der Waals surface area contributed by atoms with Gasteiger partial charge in [0.15, 0.2) is 0 Å². The van der Waals surface area contributed by atoms with Crippen LogP contribution in [0.5, 0.6) is 0 Å². The standard InChI is InChI=1S/C9H8F4O6/c1-2-6(15)17-3-4-18-7(16)8(10,11)9(12,13)19-5-14/h2,5H,1,3-4H2. The quantitative estimate of drug-likeness (QED) is 0.163. The van der Waals surface area contributed by atoms with Crippen molar-refractivity contribution in [1.29, 1.82) is 0 Å². The van der Waals surface area contributed by atoms with Crippen LogP contribution >= 0.6 is 0 Å². The molecule has 0 bridgehead atoms. The second-order valence-electron chi connectivity index (χ2n) is 2.81.